The second-order valence-electron chi connectivity index (χ2n) is 8.26. The van der Waals surface area contributed by atoms with E-state index in [2.05, 4.69) is 18.7 Å². The minimum atomic E-state index is -0.485. The molecule has 2 aliphatic heterocycles. The fourth-order valence-electron chi connectivity index (χ4n) is 4.04. The van der Waals surface area contributed by atoms with E-state index in [0.717, 1.165) is 22.9 Å². The molecule has 30 heavy (non-hydrogen) atoms. The Balaban J connectivity index is 1.38. The van der Waals surface area contributed by atoms with E-state index in [-0.39, 0.29) is 5.91 Å². The van der Waals surface area contributed by atoms with Crippen LogP contribution in [0.25, 0.3) is 0 Å². The van der Waals surface area contributed by atoms with E-state index in [0.29, 0.717) is 57.5 Å². The lowest BCUT2D eigenvalue weighted by atomic mass is 10.0. The third kappa shape index (κ3) is 4.72. The second kappa shape index (κ2) is 9.10. The largest absolute Gasteiger partial charge is 0.455 e. The monoisotopic (exact) mass is 432 g/mol. The maximum absolute atomic E-state index is 12.9. The molecule has 0 aliphatic carbocycles. The highest BCUT2D eigenvalue weighted by Gasteiger charge is 2.41. The molecule has 0 bridgehead atoms. The molecule has 1 aromatic carbocycles. The van der Waals surface area contributed by atoms with Gasteiger partial charge in [0.05, 0.1) is 19.8 Å². The SMILES string of the molecule is CC(C)N(Cc1ccc(C(=O)N2CCC3(CC2)OCCO3)o1)Cc1ccccc1Cl. The quantitative estimate of drug-likeness (QED) is 0.680. The van der Waals surface area contributed by atoms with Gasteiger partial charge in [-0.15, -0.1) is 0 Å². The zero-order chi connectivity index (χ0) is 21.1. The van der Waals surface area contributed by atoms with Crippen molar-refractivity contribution in [2.75, 3.05) is 26.3 Å². The standard InChI is InChI=1S/C23H29ClN2O4/c1-17(2)26(15-18-5-3-4-6-20(18)24)16-19-7-8-21(30-19)22(27)25-11-9-23(10-12-25)28-13-14-29-23/h3-8,17H,9-16H2,1-2H3. The van der Waals surface area contributed by atoms with E-state index in [1.54, 1.807) is 6.07 Å². The molecule has 0 unspecified atom stereocenters. The lowest BCUT2D eigenvalue weighted by Crippen LogP contribution is -2.47. The van der Waals surface area contributed by atoms with Gasteiger partial charge in [-0.25, -0.2) is 0 Å². The molecule has 6 nitrogen and oxygen atoms in total. The fourth-order valence-corrected chi connectivity index (χ4v) is 4.23. The Morgan fingerprint density at radius 1 is 1.10 bits per heavy atom. The van der Waals surface area contributed by atoms with Crippen LogP contribution < -0.4 is 0 Å². The van der Waals surface area contributed by atoms with Gasteiger partial charge in [0.1, 0.15) is 5.76 Å². The van der Waals surface area contributed by atoms with Gasteiger partial charge in [-0.3, -0.25) is 9.69 Å². The van der Waals surface area contributed by atoms with Gasteiger partial charge in [0.15, 0.2) is 11.5 Å². The molecule has 0 radical (unpaired) electrons. The van der Waals surface area contributed by atoms with Crippen LogP contribution in [0.2, 0.25) is 5.02 Å². The van der Waals surface area contributed by atoms with Gasteiger partial charge >= 0.3 is 0 Å². The van der Waals surface area contributed by atoms with Crippen LogP contribution >= 0.6 is 11.6 Å². The number of likely N-dealkylation sites (tertiary alicyclic amines) is 1. The number of hydrogen-bond acceptors (Lipinski definition) is 5. The number of rotatable bonds is 6. The van der Waals surface area contributed by atoms with Crippen molar-refractivity contribution in [3.63, 3.8) is 0 Å². The first-order valence-electron chi connectivity index (χ1n) is 10.6. The first-order valence-corrected chi connectivity index (χ1v) is 11.0. The van der Waals surface area contributed by atoms with Crippen molar-refractivity contribution in [3.05, 3.63) is 58.5 Å². The van der Waals surface area contributed by atoms with Crippen molar-refractivity contribution in [1.82, 2.24) is 9.80 Å². The van der Waals surface area contributed by atoms with E-state index in [1.807, 2.05) is 35.2 Å². The van der Waals surface area contributed by atoms with E-state index in [1.165, 1.54) is 0 Å². The van der Waals surface area contributed by atoms with Crippen LogP contribution in [-0.2, 0) is 22.6 Å². The predicted molar refractivity (Wildman–Crippen MR) is 114 cm³/mol. The molecular formula is C23H29ClN2O4. The van der Waals surface area contributed by atoms with E-state index >= 15 is 0 Å². The number of hydrogen-bond donors (Lipinski definition) is 0. The number of nitrogens with zero attached hydrogens (tertiary/aromatic N) is 2. The summed E-state index contributed by atoms with van der Waals surface area (Å²) in [5.41, 5.74) is 1.08. The minimum Gasteiger partial charge on any atom is -0.455 e. The van der Waals surface area contributed by atoms with Gasteiger partial charge in [-0.05, 0) is 37.6 Å². The lowest BCUT2D eigenvalue weighted by Gasteiger charge is -2.37. The van der Waals surface area contributed by atoms with Gasteiger partial charge < -0.3 is 18.8 Å². The van der Waals surface area contributed by atoms with Gasteiger partial charge in [0.2, 0.25) is 0 Å². The minimum absolute atomic E-state index is 0.0729. The molecule has 1 spiro atoms. The average molecular weight is 433 g/mol. The zero-order valence-corrected chi connectivity index (χ0v) is 18.4. The van der Waals surface area contributed by atoms with Crippen LogP contribution in [0.3, 0.4) is 0 Å². The van der Waals surface area contributed by atoms with E-state index in [9.17, 15) is 4.79 Å². The van der Waals surface area contributed by atoms with Crippen LogP contribution in [0.4, 0.5) is 0 Å². The van der Waals surface area contributed by atoms with Gasteiger partial charge in [0.25, 0.3) is 5.91 Å². The number of carbonyl (C=O) groups is 1. The summed E-state index contributed by atoms with van der Waals surface area (Å²) in [6.07, 6.45) is 1.40. The summed E-state index contributed by atoms with van der Waals surface area (Å²) in [7, 11) is 0. The Hall–Kier alpha value is -1.86. The number of carbonyl (C=O) groups excluding carboxylic acids is 1. The molecule has 2 saturated heterocycles. The van der Waals surface area contributed by atoms with Crippen LogP contribution in [0.5, 0.6) is 0 Å². The molecule has 1 aromatic heterocycles. The Morgan fingerprint density at radius 2 is 1.80 bits per heavy atom. The summed E-state index contributed by atoms with van der Waals surface area (Å²) >= 11 is 6.33. The Morgan fingerprint density at radius 3 is 2.47 bits per heavy atom. The second-order valence-corrected chi connectivity index (χ2v) is 8.66. The molecule has 2 aromatic rings. The molecule has 7 heteroatoms. The molecule has 3 heterocycles. The highest BCUT2D eigenvalue weighted by molar-refractivity contribution is 6.31. The van der Waals surface area contributed by atoms with E-state index in [4.69, 9.17) is 25.5 Å². The summed E-state index contributed by atoms with van der Waals surface area (Å²) in [5.74, 6) is 0.601. The van der Waals surface area contributed by atoms with Crippen LogP contribution in [-0.4, -0.2) is 53.8 Å². The fraction of sp³-hybridized carbons (Fsp3) is 0.522. The molecule has 4 rings (SSSR count). The van der Waals surface area contributed by atoms with Crippen molar-refractivity contribution in [3.8, 4) is 0 Å². The summed E-state index contributed by atoms with van der Waals surface area (Å²) in [6.45, 7) is 8.10. The number of piperidine rings is 1. The van der Waals surface area contributed by atoms with Crippen molar-refractivity contribution < 1.29 is 18.7 Å². The normalized spacial score (nSPS) is 18.6. The average Bonchev–Trinajstić information content (AvgIpc) is 3.39. The topological polar surface area (TPSA) is 55.2 Å². The van der Waals surface area contributed by atoms with Gasteiger partial charge in [-0.1, -0.05) is 29.8 Å². The molecular weight excluding hydrogens is 404 g/mol. The first kappa shape index (κ1) is 21.4. The molecule has 162 valence electrons. The molecule has 0 N–H and O–H groups in total. The van der Waals surface area contributed by atoms with Crippen molar-refractivity contribution in [2.24, 2.45) is 0 Å². The third-order valence-corrected chi connectivity index (χ3v) is 6.29. The first-order chi connectivity index (χ1) is 14.5. The van der Waals surface area contributed by atoms with Gasteiger partial charge in [0, 0.05) is 43.5 Å². The van der Waals surface area contributed by atoms with Crippen molar-refractivity contribution in [1.29, 1.82) is 0 Å². The Labute approximate surface area is 182 Å². The van der Waals surface area contributed by atoms with Crippen molar-refractivity contribution in [2.45, 2.75) is 51.6 Å². The highest BCUT2D eigenvalue weighted by Crippen LogP contribution is 2.32. The predicted octanol–water partition coefficient (Wildman–Crippen LogP) is 4.32. The maximum Gasteiger partial charge on any atom is 0.289 e. The van der Waals surface area contributed by atoms with E-state index < -0.39 is 5.79 Å². The Bertz CT molecular complexity index is 866. The summed E-state index contributed by atoms with van der Waals surface area (Å²) < 4.78 is 17.4. The summed E-state index contributed by atoms with van der Waals surface area (Å²) in [4.78, 5) is 17.0. The maximum atomic E-state index is 12.9. The third-order valence-electron chi connectivity index (χ3n) is 5.92. The summed E-state index contributed by atoms with van der Waals surface area (Å²) in [6, 6.07) is 11.8. The highest BCUT2D eigenvalue weighted by atomic mass is 35.5. The zero-order valence-electron chi connectivity index (χ0n) is 17.6. The van der Waals surface area contributed by atoms with Crippen molar-refractivity contribution >= 4 is 17.5 Å². The Kier molecular flexibility index (Phi) is 6.48. The molecule has 0 saturated carbocycles. The number of benzene rings is 1. The molecule has 0 atom stereocenters. The van der Waals surface area contributed by atoms with Crippen LogP contribution in [0, 0.1) is 0 Å². The van der Waals surface area contributed by atoms with Crippen LogP contribution in [0.15, 0.2) is 40.8 Å². The molecule has 2 aliphatic rings. The van der Waals surface area contributed by atoms with Gasteiger partial charge in [-0.2, -0.15) is 0 Å². The molecule has 2 fully saturated rings. The number of amides is 1. The smallest absolute Gasteiger partial charge is 0.289 e. The lowest BCUT2D eigenvalue weighted by molar-refractivity contribution is -0.181. The number of ether oxygens (including phenoxy) is 2. The number of halogens is 1. The summed E-state index contributed by atoms with van der Waals surface area (Å²) in [5, 5.41) is 0.761. The molecule has 1 amide bonds. The van der Waals surface area contributed by atoms with Crippen LogP contribution in [0.1, 0.15) is 48.6 Å². The number of furan rings is 1.